The van der Waals surface area contributed by atoms with Gasteiger partial charge in [-0.05, 0) is 38.5 Å². The normalized spacial score (nSPS) is 15.3. The van der Waals surface area contributed by atoms with Crippen LogP contribution in [0.25, 0.3) is 16.9 Å². The molecule has 0 spiro atoms. The summed E-state index contributed by atoms with van der Waals surface area (Å²) in [4.78, 5) is 4.11. The minimum Gasteiger partial charge on any atom is -0.422 e. The lowest BCUT2D eigenvalue weighted by Crippen LogP contribution is -2.22. The van der Waals surface area contributed by atoms with E-state index in [0.717, 1.165) is 28.1 Å². The van der Waals surface area contributed by atoms with Crippen molar-refractivity contribution in [1.82, 2.24) is 19.3 Å². The average Bonchev–Trinajstić information content (AvgIpc) is 3.47. The lowest BCUT2D eigenvalue weighted by molar-refractivity contribution is 0.334. The molecule has 4 aromatic rings. The first-order chi connectivity index (χ1) is 16.0. The molecule has 2 aromatic carbocycles. The number of fused-ring (bicyclic) bond motifs is 1. The number of nitriles is 1. The van der Waals surface area contributed by atoms with Crippen molar-refractivity contribution in [2.24, 2.45) is 5.73 Å². The van der Waals surface area contributed by atoms with Gasteiger partial charge in [0, 0.05) is 23.6 Å². The quantitative estimate of drug-likeness (QED) is 0.494. The number of imidazole rings is 1. The van der Waals surface area contributed by atoms with Gasteiger partial charge in [0.1, 0.15) is 17.3 Å². The summed E-state index contributed by atoms with van der Waals surface area (Å²) < 4.78 is 9.79. The Morgan fingerprint density at radius 3 is 2.42 bits per heavy atom. The molecule has 1 aliphatic rings. The number of allylic oxidation sites excluding steroid dienone is 1. The van der Waals surface area contributed by atoms with Gasteiger partial charge in [-0.2, -0.15) is 10.4 Å². The maximum Gasteiger partial charge on any atom is 0.224 e. The largest absolute Gasteiger partial charge is 0.422 e. The van der Waals surface area contributed by atoms with E-state index < -0.39 is 0 Å². The standard InChI is InChI=1S/C26H24N6O/c1-16(2)32-26-23(24(30-32)19-6-4-17(3)5-7-19)22(21(14-27)25(28)33-26)18-8-10-20(11-9-18)31-13-12-29-15-31/h4-13,15-16,22H,28H2,1-3H3. The Bertz CT molecular complexity index is 1370. The molecule has 1 unspecified atom stereocenters. The number of rotatable bonds is 4. The van der Waals surface area contributed by atoms with Crippen molar-refractivity contribution in [3.8, 4) is 28.9 Å². The Morgan fingerprint density at radius 2 is 1.82 bits per heavy atom. The van der Waals surface area contributed by atoms with E-state index in [1.54, 1.807) is 12.5 Å². The summed E-state index contributed by atoms with van der Waals surface area (Å²) in [6.45, 7) is 6.14. The van der Waals surface area contributed by atoms with E-state index in [-0.39, 0.29) is 17.8 Å². The fourth-order valence-corrected chi connectivity index (χ4v) is 4.22. The van der Waals surface area contributed by atoms with E-state index in [2.05, 4.69) is 42.2 Å². The Balaban J connectivity index is 1.72. The molecule has 33 heavy (non-hydrogen) atoms. The van der Waals surface area contributed by atoms with E-state index in [4.69, 9.17) is 15.6 Å². The highest BCUT2D eigenvalue weighted by Crippen LogP contribution is 2.47. The number of ether oxygens (including phenoxy) is 1. The highest BCUT2D eigenvalue weighted by atomic mass is 16.5. The van der Waals surface area contributed by atoms with E-state index in [1.165, 1.54) is 5.56 Å². The number of nitrogens with two attached hydrogens (primary N) is 1. The van der Waals surface area contributed by atoms with Gasteiger partial charge in [-0.1, -0.05) is 42.0 Å². The number of nitrogens with zero attached hydrogens (tertiary/aromatic N) is 5. The van der Waals surface area contributed by atoms with E-state index in [1.807, 2.05) is 53.6 Å². The predicted molar refractivity (Wildman–Crippen MR) is 126 cm³/mol. The zero-order chi connectivity index (χ0) is 23.1. The summed E-state index contributed by atoms with van der Waals surface area (Å²) in [7, 11) is 0. The molecule has 1 aliphatic heterocycles. The number of hydrogen-bond donors (Lipinski definition) is 1. The Labute approximate surface area is 192 Å². The van der Waals surface area contributed by atoms with Crippen molar-refractivity contribution in [3.05, 3.63) is 95.4 Å². The highest BCUT2D eigenvalue weighted by molar-refractivity contribution is 5.71. The molecule has 5 rings (SSSR count). The van der Waals surface area contributed by atoms with E-state index in [0.29, 0.717) is 11.5 Å². The fourth-order valence-electron chi connectivity index (χ4n) is 4.22. The molecule has 1 atom stereocenters. The number of aryl methyl sites for hydroxylation is 1. The van der Waals surface area contributed by atoms with Crippen LogP contribution in [0.1, 0.15) is 42.5 Å². The van der Waals surface area contributed by atoms with Crippen LogP contribution in [0.15, 0.2) is 78.7 Å². The molecule has 2 aromatic heterocycles. The molecule has 0 radical (unpaired) electrons. The highest BCUT2D eigenvalue weighted by Gasteiger charge is 2.37. The Hall–Kier alpha value is -4.31. The zero-order valence-electron chi connectivity index (χ0n) is 18.7. The third-order valence-electron chi connectivity index (χ3n) is 5.91. The second kappa shape index (κ2) is 7.99. The lowest BCUT2D eigenvalue weighted by atomic mass is 9.83. The first-order valence-corrected chi connectivity index (χ1v) is 10.8. The van der Waals surface area contributed by atoms with Gasteiger partial charge in [0.15, 0.2) is 0 Å². The molecule has 7 nitrogen and oxygen atoms in total. The minimum atomic E-state index is -0.389. The number of hydrogen-bond acceptors (Lipinski definition) is 5. The third kappa shape index (κ3) is 3.46. The minimum absolute atomic E-state index is 0.0543. The average molecular weight is 437 g/mol. The SMILES string of the molecule is Cc1ccc(-c2nn(C(C)C)c3c2C(c2ccc(-n4ccnc4)cc2)C(C#N)=C(N)O3)cc1. The molecule has 0 saturated heterocycles. The summed E-state index contributed by atoms with van der Waals surface area (Å²) in [5, 5.41) is 14.9. The number of benzene rings is 2. The summed E-state index contributed by atoms with van der Waals surface area (Å²) in [5.41, 5.74) is 12.4. The smallest absolute Gasteiger partial charge is 0.224 e. The van der Waals surface area contributed by atoms with Crippen LogP contribution in [-0.4, -0.2) is 19.3 Å². The third-order valence-corrected chi connectivity index (χ3v) is 5.91. The second-order valence-corrected chi connectivity index (χ2v) is 8.46. The molecular weight excluding hydrogens is 412 g/mol. The first kappa shape index (κ1) is 20.6. The molecule has 7 heteroatoms. The summed E-state index contributed by atoms with van der Waals surface area (Å²) >= 11 is 0. The van der Waals surface area contributed by atoms with Gasteiger partial charge in [-0.3, -0.25) is 0 Å². The van der Waals surface area contributed by atoms with Crippen LogP contribution >= 0.6 is 0 Å². The Kier molecular flexibility index (Phi) is 4.98. The maximum absolute atomic E-state index is 10.0. The van der Waals surface area contributed by atoms with Crippen LogP contribution in [0, 0.1) is 18.3 Å². The molecule has 0 saturated carbocycles. The van der Waals surface area contributed by atoms with Gasteiger partial charge < -0.3 is 15.0 Å². The summed E-state index contributed by atoms with van der Waals surface area (Å²) in [6.07, 6.45) is 5.38. The van der Waals surface area contributed by atoms with Crippen LogP contribution in [0.3, 0.4) is 0 Å². The molecule has 2 N–H and O–H groups in total. The second-order valence-electron chi connectivity index (χ2n) is 8.46. The molecule has 3 heterocycles. The van der Waals surface area contributed by atoms with Crippen molar-refractivity contribution in [1.29, 1.82) is 5.26 Å². The predicted octanol–water partition coefficient (Wildman–Crippen LogP) is 4.84. The molecular formula is C26H24N6O. The maximum atomic E-state index is 10.0. The van der Waals surface area contributed by atoms with Crippen molar-refractivity contribution in [3.63, 3.8) is 0 Å². The molecule has 0 aliphatic carbocycles. The molecule has 0 fully saturated rings. The number of aromatic nitrogens is 4. The van der Waals surface area contributed by atoms with Gasteiger partial charge >= 0.3 is 0 Å². The van der Waals surface area contributed by atoms with E-state index in [9.17, 15) is 5.26 Å². The van der Waals surface area contributed by atoms with Gasteiger partial charge in [0.25, 0.3) is 0 Å². The zero-order valence-corrected chi connectivity index (χ0v) is 18.7. The van der Waals surface area contributed by atoms with Crippen LogP contribution in [0.2, 0.25) is 0 Å². The molecule has 164 valence electrons. The van der Waals surface area contributed by atoms with Crippen LogP contribution in [0.5, 0.6) is 5.88 Å². The lowest BCUT2D eigenvalue weighted by Gasteiger charge is -2.26. The summed E-state index contributed by atoms with van der Waals surface area (Å²) in [6, 6.07) is 18.6. The molecule has 0 bridgehead atoms. The van der Waals surface area contributed by atoms with Crippen molar-refractivity contribution >= 4 is 0 Å². The fraction of sp³-hybridized carbons (Fsp3) is 0.192. The Morgan fingerprint density at radius 1 is 1.09 bits per heavy atom. The van der Waals surface area contributed by atoms with Gasteiger partial charge in [-0.15, -0.1) is 0 Å². The summed E-state index contributed by atoms with van der Waals surface area (Å²) in [5.74, 6) is 0.311. The van der Waals surface area contributed by atoms with Crippen molar-refractivity contribution in [2.45, 2.75) is 32.7 Å². The van der Waals surface area contributed by atoms with Crippen molar-refractivity contribution in [2.75, 3.05) is 0 Å². The van der Waals surface area contributed by atoms with Crippen LogP contribution in [0.4, 0.5) is 0 Å². The van der Waals surface area contributed by atoms with E-state index >= 15 is 0 Å². The first-order valence-electron chi connectivity index (χ1n) is 10.8. The van der Waals surface area contributed by atoms with Gasteiger partial charge in [-0.25, -0.2) is 9.67 Å². The van der Waals surface area contributed by atoms with Crippen LogP contribution < -0.4 is 10.5 Å². The van der Waals surface area contributed by atoms with Gasteiger partial charge in [0.2, 0.25) is 11.8 Å². The monoisotopic (exact) mass is 436 g/mol. The molecule has 0 amide bonds. The topological polar surface area (TPSA) is 94.7 Å². The van der Waals surface area contributed by atoms with Gasteiger partial charge in [0.05, 0.1) is 23.9 Å². The van der Waals surface area contributed by atoms with Crippen LogP contribution in [-0.2, 0) is 0 Å². The van der Waals surface area contributed by atoms with Crippen molar-refractivity contribution < 1.29 is 4.74 Å².